The second-order valence-electron chi connectivity index (χ2n) is 2.41. The third-order valence-corrected chi connectivity index (χ3v) is 9.33. The van der Waals surface area contributed by atoms with E-state index in [2.05, 4.69) is 4.12 Å². The fourth-order valence-electron chi connectivity index (χ4n) is 0.517. The van der Waals surface area contributed by atoms with E-state index in [1.807, 2.05) is 0 Å². The van der Waals surface area contributed by atoms with Gasteiger partial charge < -0.3 is 39.1 Å². The molecule has 16 heavy (non-hydrogen) atoms. The van der Waals surface area contributed by atoms with Gasteiger partial charge in [-0.15, -0.1) is 0 Å². The average molecular weight is 357 g/mol. The SMILES string of the molecule is O[Si](O)(O)O[SiH2]O[SiH2]O[SiH2]O[SiH2]O[SiH2]O[SiH3]. The standard InChI is InChI=1S/H16O9Si7/c1-16(2,3)9-15-8-14-7-13-6-12-5-11-4-10/h1-3H,11-15H2,10H3. The molecule has 0 aromatic rings. The van der Waals surface area contributed by atoms with Gasteiger partial charge in [0.2, 0.25) is 0 Å². The summed E-state index contributed by atoms with van der Waals surface area (Å²) in [4.78, 5) is 25.4. The Morgan fingerprint density at radius 1 is 0.750 bits per heavy atom. The molecule has 98 valence electrons. The van der Waals surface area contributed by atoms with E-state index in [1.165, 1.54) is 0 Å². The Balaban J connectivity index is 2.99. The molecule has 0 aliphatic heterocycles. The Bertz CT molecular complexity index is 145. The van der Waals surface area contributed by atoms with Crippen molar-refractivity contribution in [2.24, 2.45) is 0 Å². The molecule has 0 saturated heterocycles. The third-order valence-electron chi connectivity index (χ3n) is 1.04. The molecule has 0 heterocycles. The number of hydrogen-bond acceptors (Lipinski definition) is 9. The maximum atomic E-state index is 8.47. The van der Waals surface area contributed by atoms with Crippen LogP contribution in [0.4, 0.5) is 0 Å². The summed E-state index contributed by atoms with van der Waals surface area (Å²) in [5, 5.41) is 0. The zero-order valence-corrected chi connectivity index (χ0v) is 18.9. The van der Waals surface area contributed by atoms with Crippen molar-refractivity contribution in [2.75, 3.05) is 0 Å². The topological polar surface area (TPSA) is 116 Å². The van der Waals surface area contributed by atoms with Crippen LogP contribution in [0.15, 0.2) is 0 Å². The molecule has 0 rings (SSSR count). The van der Waals surface area contributed by atoms with Crippen LogP contribution in [0.5, 0.6) is 0 Å². The lowest BCUT2D eigenvalue weighted by Gasteiger charge is -2.10. The first-order valence-corrected chi connectivity index (χ1v) is 12.5. The minimum absolute atomic E-state index is 0.709. The summed E-state index contributed by atoms with van der Waals surface area (Å²) in [7, 11) is -9.17. The second-order valence-corrected chi connectivity index (χ2v) is 14.7. The zero-order chi connectivity index (χ0) is 12.3. The van der Waals surface area contributed by atoms with E-state index >= 15 is 0 Å². The van der Waals surface area contributed by atoms with Crippen LogP contribution in [0.1, 0.15) is 0 Å². The molecule has 0 spiro atoms. The van der Waals surface area contributed by atoms with Gasteiger partial charge in [-0.05, 0) is 0 Å². The molecule has 0 fully saturated rings. The fraction of sp³-hybridized carbons (Fsp3) is 0. The van der Waals surface area contributed by atoms with Crippen molar-refractivity contribution < 1.29 is 39.1 Å². The van der Waals surface area contributed by atoms with E-state index in [-0.39, 0.29) is 0 Å². The van der Waals surface area contributed by atoms with E-state index in [1.54, 1.807) is 0 Å². The third kappa shape index (κ3) is 15.2. The van der Waals surface area contributed by atoms with E-state index < -0.39 is 59.1 Å². The van der Waals surface area contributed by atoms with Gasteiger partial charge in [0, 0.05) is 0 Å². The molecule has 16 heteroatoms. The maximum absolute atomic E-state index is 8.47. The zero-order valence-electron chi connectivity index (χ0n) is 8.83. The lowest BCUT2D eigenvalue weighted by molar-refractivity contribution is 0.123. The van der Waals surface area contributed by atoms with Crippen LogP contribution in [0.25, 0.3) is 0 Å². The van der Waals surface area contributed by atoms with Gasteiger partial charge in [0.25, 0.3) is 50.0 Å². The van der Waals surface area contributed by atoms with Crippen LogP contribution >= 0.6 is 0 Å². The van der Waals surface area contributed by atoms with Gasteiger partial charge in [-0.25, -0.2) is 0 Å². The summed E-state index contributed by atoms with van der Waals surface area (Å²) in [6, 6.07) is 0. The Labute approximate surface area is 109 Å². The molecule has 0 saturated carbocycles. The quantitative estimate of drug-likeness (QED) is 0.245. The highest BCUT2D eigenvalue weighted by molar-refractivity contribution is 6.56. The molecule has 0 radical (unpaired) electrons. The molecule has 9 nitrogen and oxygen atoms in total. The highest BCUT2D eigenvalue weighted by atomic mass is 28.5. The summed E-state index contributed by atoms with van der Waals surface area (Å²) in [6.45, 7) is 0. The van der Waals surface area contributed by atoms with E-state index in [9.17, 15) is 0 Å². The van der Waals surface area contributed by atoms with Gasteiger partial charge >= 0.3 is 9.05 Å². The molecular weight excluding hydrogens is 341 g/mol. The first-order valence-electron chi connectivity index (χ1n) is 4.17. The van der Waals surface area contributed by atoms with Crippen molar-refractivity contribution in [3.63, 3.8) is 0 Å². The normalized spacial score (nSPS) is 15.9. The van der Waals surface area contributed by atoms with Crippen LogP contribution in [0, 0.1) is 0 Å². The van der Waals surface area contributed by atoms with Crippen molar-refractivity contribution in [1.82, 2.24) is 0 Å². The lowest BCUT2D eigenvalue weighted by Crippen LogP contribution is -2.41. The molecule has 0 unspecified atom stereocenters. The van der Waals surface area contributed by atoms with Gasteiger partial charge in [-0.3, -0.25) is 0 Å². The Hall–Kier alpha value is 1.16. The van der Waals surface area contributed by atoms with Crippen molar-refractivity contribution in [3.05, 3.63) is 0 Å². The van der Waals surface area contributed by atoms with E-state index in [0.717, 1.165) is 0 Å². The number of hydrogen-bond donors (Lipinski definition) is 3. The summed E-state index contributed by atoms with van der Waals surface area (Å²) in [5.41, 5.74) is 0. The van der Waals surface area contributed by atoms with Crippen LogP contribution in [-0.4, -0.2) is 84.0 Å². The van der Waals surface area contributed by atoms with Gasteiger partial charge in [-0.2, -0.15) is 0 Å². The highest BCUT2D eigenvalue weighted by Crippen LogP contribution is 1.86. The van der Waals surface area contributed by atoms with Crippen molar-refractivity contribution in [3.8, 4) is 0 Å². The summed E-state index contributed by atoms with van der Waals surface area (Å²) in [5.74, 6) is 0. The maximum Gasteiger partial charge on any atom is 0.661 e. The van der Waals surface area contributed by atoms with Gasteiger partial charge in [0.05, 0.1) is 0 Å². The Kier molecular flexibility index (Phi) is 12.1. The van der Waals surface area contributed by atoms with Crippen molar-refractivity contribution in [2.45, 2.75) is 0 Å². The molecule has 0 aliphatic rings. The first-order chi connectivity index (χ1) is 7.56. The monoisotopic (exact) mass is 356 g/mol. The van der Waals surface area contributed by atoms with Crippen molar-refractivity contribution in [1.29, 1.82) is 0 Å². The Morgan fingerprint density at radius 2 is 1.19 bits per heavy atom. The number of rotatable bonds is 11. The Morgan fingerprint density at radius 3 is 1.62 bits per heavy atom. The largest absolute Gasteiger partial charge is 0.661 e. The molecular formula is H16O9Si7. The molecule has 0 aromatic carbocycles. The van der Waals surface area contributed by atoms with E-state index in [0.29, 0.717) is 10.5 Å². The second kappa shape index (κ2) is 11.3. The molecule has 0 amide bonds. The van der Waals surface area contributed by atoms with Crippen molar-refractivity contribution >= 4 is 69.6 Å². The van der Waals surface area contributed by atoms with Gasteiger partial charge in [0.15, 0.2) is 0 Å². The summed E-state index contributed by atoms with van der Waals surface area (Å²) in [6.07, 6.45) is 0. The highest BCUT2D eigenvalue weighted by Gasteiger charge is 2.29. The fourth-order valence-corrected chi connectivity index (χ4v) is 10.1. The summed E-state index contributed by atoms with van der Waals surface area (Å²) < 4.78 is 29.6. The van der Waals surface area contributed by atoms with Crippen LogP contribution < -0.4 is 0 Å². The van der Waals surface area contributed by atoms with Crippen LogP contribution in [0.2, 0.25) is 0 Å². The van der Waals surface area contributed by atoms with Gasteiger partial charge in [0.1, 0.15) is 10.5 Å². The lowest BCUT2D eigenvalue weighted by atomic mass is 15.6. The minimum atomic E-state index is -4.38. The van der Waals surface area contributed by atoms with Crippen LogP contribution in [-0.2, 0) is 24.7 Å². The van der Waals surface area contributed by atoms with Gasteiger partial charge in [-0.1, -0.05) is 0 Å². The smallest absolute Gasteiger partial charge is 0.449 e. The first kappa shape index (κ1) is 17.2. The van der Waals surface area contributed by atoms with E-state index in [4.69, 9.17) is 35.0 Å². The minimum Gasteiger partial charge on any atom is -0.449 e. The molecule has 0 aromatic heterocycles. The molecule has 3 N–H and O–H groups in total. The molecule has 0 aliphatic carbocycles. The van der Waals surface area contributed by atoms with Crippen LogP contribution in [0.3, 0.4) is 0 Å². The predicted octanol–water partition coefficient (Wildman–Crippen LogP) is -8.23. The average Bonchev–Trinajstić information content (AvgIpc) is 2.19. The predicted molar refractivity (Wildman–Crippen MR) is 71.6 cm³/mol. The molecule has 0 atom stereocenters. The molecule has 0 bridgehead atoms. The summed E-state index contributed by atoms with van der Waals surface area (Å²) >= 11 is 0.